The Kier molecular flexibility index (Phi) is 4.75. The van der Waals surface area contributed by atoms with E-state index in [2.05, 4.69) is 11.4 Å². The Balaban J connectivity index is 2.72. The summed E-state index contributed by atoms with van der Waals surface area (Å²) in [4.78, 5) is 0.382. The van der Waals surface area contributed by atoms with Crippen LogP contribution < -0.4 is 5.32 Å². The van der Waals surface area contributed by atoms with Crippen molar-refractivity contribution in [2.45, 2.75) is 25.7 Å². The van der Waals surface area contributed by atoms with Crippen LogP contribution in [0.2, 0.25) is 0 Å². The molecule has 0 amide bonds. The summed E-state index contributed by atoms with van der Waals surface area (Å²) in [7, 11) is -3.09. The van der Waals surface area contributed by atoms with Crippen LogP contribution in [-0.4, -0.2) is 20.7 Å². The van der Waals surface area contributed by atoms with E-state index in [1.54, 1.807) is 31.2 Å². The zero-order chi connectivity index (χ0) is 12.9. The van der Waals surface area contributed by atoms with Crippen LogP contribution in [0, 0.1) is 0 Å². The molecule has 0 aliphatic rings. The van der Waals surface area contributed by atoms with Crippen molar-refractivity contribution in [1.29, 1.82) is 0 Å². The molecule has 4 heteroatoms. The van der Waals surface area contributed by atoms with E-state index in [9.17, 15) is 8.42 Å². The SMILES string of the molecule is CCS(=O)(=O)c1ccc(NCC=C(C)C)cc1. The third-order valence-corrected chi connectivity index (χ3v) is 4.16. The topological polar surface area (TPSA) is 46.2 Å². The van der Waals surface area contributed by atoms with Gasteiger partial charge in [-0.3, -0.25) is 0 Å². The molecule has 94 valence electrons. The molecular formula is C13H19NO2S. The van der Waals surface area contributed by atoms with Crippen molar-refractivity contribution in [3.8, 4) is 0 Å². The first-order valence-electron chi connectivity index (χ1n) is 5.66. The van der Waals surface area contributed by atoms with E-state index in [4.69, 9.17) is 0 Å². The quantitative estimate of drug-likeness (QED) is 0.821. The Bertz CT molecular complexity index is 483. The molecule has 1 aromatic rings. The summed E-state index contributed by atoms with van der Waals surface area (Å²) in [5.74, 6) is 0.136. The minimum Gasteiger partial charge on any atom is -0.382 e. The van der Waals surface area contributed by atoms with Crippen LogP contribution in [0.15, 0.2) is 40.8 Å². The minimum atomic E-state index is -3.09. The van der Waals surface area contributed by atoms with Gasteiger partial charge < -0.3 is 5.32 Å². The second-order valence-electron chi connectivity index (χ2n) is 4.09. The Labute approximate surface area is 103 Å². The van der Waals surface area contributed by atoms with Gasteiger partial charge in [0.2, 0.25) is 0 Å². The van der Waals surface area contributed by atoms with Gasteiger partial charge in [-0.05, 0) is 38.1 Å². The fraction of sp³-hybridized carbons (Fsp3) is 0.385. The molecule has 0 saturated heterocycles. The van der Waals surface area contributed by atoms with E-state index in [1.165, 1.54) is 5.57 Å². The zero-order valence-electron chi connectivity index (χ0n) is 10.5. The fourth-order valence-corrected chi connectivity index (χ4v) is 2.20. The van der Waals surface area contributed by atoms with E-state index in [0.29, 0.717) is 4.90 Å². The molecule has 1 aromatic carbocycles. The second kappa shape index (κ2) is 5.87. The number of rotatable bonds is 5. The molecule has 3 nitrogen and oxygen atoms in total. The Morgan fingerprint density at radius 2 is 1.82 bits per heavy atom. The van der Waals surface area contributed by atoms with Gasteiger partial charge in [0.05, 0.1) is 10.6 Å². The highest BCUT2D eigenvalue weighted by atomic mass is 32.2. The highest BCUT2D eigenvalue weighted by molar-refractivity contribution is 7.91. The molecule has 0 fully saturated rings. The van der Waals surface area contributed by atoms with E-state index < -0.39 is 9.84 Å². The summed E-state index contributed by atoms with van der Waals surface area (Å²) in [6, 6.07) is 6.87. The molecule has 0 radical (unpaired) electrons. The smallest absolute Gasteiger partial charge is 0.178 e. The predicted octanol–water partition coefficient (Wildman–Crippen LogP) is 2.86. The summed E-state index contributed by atoms with van der Waals surface area (Å²) >= 11 is 0. The highest BCUT2D eigenvalue weighted by Gasteiger charge is 2.10. The number of nitrogens with one attached hydrogen (secondary N) is 1. The number of hydrogen-bond donors (Lipinski definition) is 1. The second-order valence-corrected chi connectivity index (χ2v) is 6.37. The number of benzene rings is 1. The van der Waals surface area contributed by atoms with Gasteiger partial charge in [0, 0.05) is 12.2 Å². The van der Waals surface area contributed by atoms with Crippen molar-refractivity contribution in [3.05, 3.63) is 35.9 Å². The van der Waals surface area contributed by atoms with Crippen LogP contribution in [0.25, 0.3) is 0 Å². The summed E-state index contributed by atoms with van der Waals surface area (Å²) in [6.45, 7) is 6.48. The molecule has 0 saturated carbocycles. The predicted molar refractivity (Wildman–Crippen MR) is 72.1 cm³/mol. The highest BCUT2D eigenvalue weighted by Crippen LogP contribution is 2.15. The molecule has 0 unspecified atom stereocenters. The average molecular weight is 253 g/mol. The van der Waals surface area contributed by atoms with Crippen molar-refractivity contribution in [2.75, 3.05) is 17.6 Å². The molecule has 0 heterocycles. The molecule has 0 aliphatic carbocycles. The van der Waals surface area contributed by atoms with Gasteiger partial charge in [0.1, 0.15) is 0 Å². The third-order valence-electron chi connectivity index (χ3n) is 2.41. The summed E-state index contributed by atoms with van der Waals surface area (Å²) in [5.41, 5.74) is 2.18. The van der Waals surface area contributed by atoms with E-state index in [1.807, 2.05) is 13.8 Å². The minimum absolute atomic E-state index is 0.136. The van der Waals surface area contributed by atoms with E-state index in [-0.39, 0.29) is 5.75 Å². The lowest BCUT2D eigenvalue weighted by Crippen LogP contribution is -2.04. The zero-order valence-corrected chi connectivity index (χ0v) is 11.3. The maximum absolute atomic E-state index is 11.6. The maximum atomic E-state index is 11.6. The lowest BCUT2D eigenvalue weighted by Gasteiger charge is -2.05. The molecule has 0 spiro atoms. The molecule has 17 heavy (non-hydrogen) atoms. The first-order chi connectivity index (χ1) is 7.95. The van der Waals surface area contributed by atoms with E-state index in [0.717, 1.165) is 12.2 Å². The van der Waals surface area contributed by atoms with Gasteiger partial charge in [-0.2, -0.15) is 0 Å². The van der Waals surface area contributed by atoms with Gasteiger partial charge in [0.15, 0.2) is 9.84 Å². The Morgan fingerprint density at radius 1 is 1.24 bits per heavy atom. The van der Waals surface area contributed by atoms with Gasteiger partial charge in [-0.1, -0.05) is 18.6 Å². The van der Waals surface area contributed by atoms with Crippen molar-refractivity contribution in [1.82, 2.24) is 0 Å². The standard InChI is InChI=1S/C13H19NO2S/c1-4-17(15,16)13-7-5-12(6-8-13)14-10-9-11(2)3/h5-9,14H,4,10H2,1-3H3. The van der Waals surface area contributed by atoms with Crippen LogP contribution in [0.3, 0.4) is 0 Å². The lowest BCUT2D eigenvalue weighted by atomic mass is 10.3. The summed E-state index contributed by atoms with van der Waals surface area (Å²) in [5, 5.41) is 3.20. The van der Waals surface area contributed by atoms with Gasteiger partial charge in [0.25, 0.3) is 0 Å². The largest absolute Gasteiger partial charge is 0.382 e. The van der Waals surface area contributed by atoms with Gasteiger partial charge >= 0.3 is 0 Å². The Morgan fingerprint density at radius 3 is 2.29 bits per heavy atom. The summed E-state index contributed by atoms with van der Waals surface area (Å²) < 4.78 is 23.2. The average Bonchev–Trinajstić information content (AvgIpc) is 2.29. The lowest BCUT2D eigenvalue weighted by molar-refractivity contribution is 0.597. The molecule has 1 N–H and O–H groups in total. The third kappa shape index (κ3) is 4.23. The van der Waals surface area contributed by atoms with Crippen molar-refractivity contribution >= 4 is 15.5 Å². The normalized spacial score (nSPS) is 11.0. The monoisotopic (exact) mass is 253 g/mol. The first-order valence-corrected chi connectivity index (χ1v) is 7.31. The van der Waals surface area contributed by atoms with Crippen LogP contribution in [0.1, 0.15) is 20.8 Å². The fourth-order valence-electron chi connectivity index (χ4n) is 1.32. The molecule has 1 rings (SSSR count). The van der Waals surface area contributed by atoms with Crippen molar-refractivity contribution < 1.29 is 8.42 Å². The number of anilines is 1. The van der Waals surface area contributed by atoms with Gasteiger partial charge in [-0.15, -0.1) is 0 Å². The first kappa shape index (κ1) is 13.8. The Hall–Kier alpha value is -1.29. The van der Waals surface area contributed by atoms with Gasteiger partial charge in [-0.25, -0.2) is 8.42 Å². The van der Waals surface area contributed by atoms with Crippen molar-refractivity contribution in [3.63, 3.8) is 0 Å². The van der Waals surface area contributed by atoms with Crippen molar-refractivity contribution in [2.24, 2.45) is 0 Å². The van der Waals surface area contributed by atoms with E-state index >= 15 is 0 Å². The maximum Gasteiger partial charge on any atom is 0.178 e. The molecular weight excluding hydrogens is 234 g/mol. The molecule has 0 atom stereocenters. The summed E-state index contributed by atoms with van der Waals surface area (Å²) in [6.07, 6.45) is 2.08. The van der Waals surface area contributed by atoms with Crippen LogP contribution in [0.5, 0.6) is 0 Å². The molecule has 0 bridgehead atoms. The van der Waals surface area contributed by atoms with Crippen LogP contribution in [-0.2, 0) is 9.84 Å². The molecule has 0 aliphatic heterocycles. The van der Waals surface area contributed by atoms with Crippen LogP contribution >= 0.6 is 0 Å². The number of hydrogen-bond acceptors (Lipinski definition) is 3. The van der Waals surface area contributed by atoms with Crippen LogP contribution in [0.4, 0.5) is 5.69 Å². The number of allylic oxidation sites excluding steroid dienone is 1. The molecule has 0 aromatic heterocycles. The number of sulfone groups is 1.